The maximum Gasteiger partial charge on any atom is 0.191 e. The van der Waals surface area contributed by atoms with Crippen molar-refractivity contribution in [3.8, 4) is 5.75 Å². The average molecular weight is 343 g/mol. The Balaban J connectivity index is 1.66. The average Bonchev–Trinajstić information content (AvgIpc) is 3.00. The first-order valence-electron chi connectivity index (χ1n) is 8.01. The van der Waals surface area contributed by atoms with Crippen LogP contribution in [0.15, 0.2) is 30.9 Å². The van der Waals surface area contributed by atoms with Crippen molar-refractivity contribution in [3.63, 3.8) is 0 Å². The quantitative estimate of drug-likeness (QED) is 0.754. The lowest BCUT2D eigenvalue weighted by Gasteiger charge is -2.42. The molecule has 1 fully saturated rings. The number of nitrogens with zero attached hydrogens (tertiary/aromatic N) is 4. The van der Waals surface area contributed by atoms with Gasteiger partial charge in [0.15, 0.2) is 11.6 Å². The van der Waals surface area contributed by atoms with Crippen LogP contribution in [-0.2, 0) is 0 Å². The van der Waals surface area contributed by atoms with Crippen molar-refractivity contribution in [2.45, 2.75) is 31.5 Å². The molecule has 0 spiro atoms. The Kier molecular flexibility index (Phi) is 3.76. The van der Waals surface area contributed by atoms with Crippen LogP contribution in [-0.4, -0.2) is 44.1 Å². The minimum absolute atomic E-state index is 0.0578. The van der Waals surface area contributed by atoms with Crippen molar-refractivity contribution in [2.24, 2.45) is 0 Å². The Morgan fingerprint density at radius 1 is 1.36 bits per heavy atom. The molecule has 2 aromatic heterocycles. The summed E-state index contributed by atoms with van der Waals surface area (Å²) < 4.78 is 21.1. The minimum atomic E-state index is -0.515. The van der Waals surface area contributed by atoms with E-state index in [0.717, 1.165) is 5.56 Å². The van der Waals surface area contributed by atoms with Gasteiger partial charge < -0.3 is 15.2 Å². The van der Waals surface area contributed by atoms with Gasteiger partial charge in [-0.3, -0.25) is 4.68 Å². The molecule has 0 unspecified atom stereocenters. The molecule has 0 amide bonds. The number of halogens is 1. The van der Waals surface area contributed by atoms with Gasteiger partial charge in [-0.15, -0.1) is 0 Å². The van der Waals surface area contributed by atoms with Crippen LogP contribution in [0, 0.1) is 12.7 Å². The van der Waals surface area contributed by atoms with Crippen molar-refractivity contribution in [1.82, 2.24) is 19.7 Å². The van der Waals surface area contributed by atoms with E-state index in [1.165, 1.54) is 13.4 Å². The van der Waals surface area contributed by atoms with Crippen molar-refractivity contribution >= 4 is 16.7 Å². The minimum Gasteiger partial charge on any atom is -0.494 e. The summed E-state index contributed by atoms with van der Waals surface area (Å²) in [6.07, 6.45) is 5.04. The normalized spacial score (nSPS) is 22.6. The molecule has 2 N–H and O–H groups in total. The molecule has 1 saturated carbocycles. The van der Waals surface area contributed by atoms with E-state index in [9.17, 15) is 9.50 Å². The standard InChI is InChI=1S/C17H18FN5O2/c1-9-6-21-23(7-9)16-11(5-12(16)24)22-17-10-3-4-13(25-2)14(18)15(10)19-8-20-17/h3-4,6-8,11-12,16,24H,5H2,1-2H3,(H,19,20,22)/t11-,12+,16+/m1/s1. The molecule has 3 aromatic rings. The zero-order valence-electron chi connectivity index (χ0n) is 13.8. The molecule has 8 heteroatoms. The van der Waals surface area contributed by atoms with Gasteiger partial charge in [0.1, 0.15) is 17.7 Å². The fraction of sp³-hybridized carbons (Fsp3) is 0.353. The van der Waals surface area contributed by atoms with Crippen LogP contribution in [0.4, 0.5) is 10.2 Å². The molecular formula is C17H18FN5O2. The van der Waals surface area contributed by atoms with E-state index >= 15 is 0 Å². The third-order valence-corrected chi connectivity index (χ3v) is 4.59. The lowest BCUT2D eigenvalue weighted by Crippen LogP contribution is -2.51. The number of aliphatic hydroxyl groups is 1. The van der Waals surface area contributed by atoms with Crippen LogP contribution < -0.4 is 10.1 Å². The molecular weight excluding hydrogens is 325 g/mol. The second-order valence-corrected chi connectivity index (χ2v) is 6.24. The Labute approximate surface area is 143 Å². The first-order valence-corrected chi connectivity index (χ1v) is 8.01. The fourth-order valence-electron chi connectivity index (χ4n) is 3.24. The second kappa shape index (κ2) is 5.96. The summed E-state index contributed by atoms with van der Waals surface area (Å²) in [5, 5.41) is 18.3. The maximum atomic E-state index is 14.4. The van der Waals surface area contributed by atoms with Crippen LogP contribution in [0.3, 0.4) is 0 Å². The van der Waals surface area contributed by atoms with Crippen LogP contribution >= 0.6 is 0 Å². The van der Waals surface area contributed by atoms with Crippen molar-refractivity contribution < 1.29 is 14.2 Å². The highest BCUT2D eigenvalue weighted by Gasteiger charge is 2.42. The van der Waals surface area contributed by atoms with Crippen molar-refractivity contribution in [2.75, 3.05) is 12.4 Å². The van der Waals surface area contributed by atoms with Crippen molar-refractivity contribution in [1.29, 1.82) is 0 Å². The van der Waals surface area contributed by atoms with Gasteiger partial charge >= 0.3 is 0 Å². The van der Waals surface area contributed by atoms with Gasteiger partial charge in [0.2, 0.25) is 0 Å². The number of rotatable bonds is 4. The Hall–Kier alpha value is -2.74. The highest BCUT2D eigenvalue weighted by molar-refractivity contribution is 5.90. The Morgan fingerprint density at radius 3 is 2.88 bits per heavy atom. The van der Waals surface area contributed by atoms with Crippen molar-refractivity contribution in [3.05, 3.63) is 42.2 Å². The molecule has 1 aliphatic carbocycles. The number of nitrogens with one attached hydrogen (secondary N) is 1. The zero-order valence-corrected chi connectivity index (χ0v) is 13.8. The smallest absolute Gasteiger partial charge is 0.191 e. The molecule has 7 nitrogen and oxygen atoms in total. The topological polar surface area (TPSA) is 85.1 Å². The number of aryl methyl sites for hydroxylation is 1. The predicted octanol–water partition coefficient (Wildman–Crippen LogP) is 2.07. The zero-order chi connectivity index (χ0) is 17.6. The molecule has 0 bridgehead atoms. The summed E-state index contributed by atoms with van der Waals surface area (Å²) in [5.74, 6) is 0.150. The highest BCUT2D eigenvalue weighted by Crippen LogP contribution is 2.36. The van der Waals surface area contributed by atoms with Gasteiger partial charge in [-0.2, -0.15) is 5.10 Å². The molecule has 1 aromatic carbocycles. The lowest BCUT2D eigenvalue weighted by molar-refractivity contribution is 0.0133. The molecule has 130 valence electrons. The van der Waals surface area contributed by atoms with Gasteiger partial charge in [0.05, 0.1) is 31.5 Å². The first-order chi connectivity index (χ1) is 12.1. The van der Waals surface area contributed by atoms with E-state index in [1.807, 2.05) is 13.1 Å². The van der Waals surface area contributed by atoms with E-state index in [0.29, 0.717) is 17.6 Å². The summed E-state index contributed by atoms with van der Waals surface area (Å²) in [5.41, 5.74) is 1.22. The molecule has 1 aliphatic rings. The van der Waals surface area contributed by atoms with Crippen LogP contribution in [0.1, 0.15) is 18.0 Å². The predicted molar refractivity (Wildman–Crippen MR) is 90.1 cm³/mol. The molecule has 0 radical (unpaired) electrons. The SMILES string of the molecule is COc1ccc2c(N[C@@H]3C[C@H](O)[C@H]3n3cc(C)cn3)ncnc2c1F. The molecule has 0 aliphatic heterocycles. The number of ether oxygens (including phenoxy) is 1. The van der Waals surface area contributed by atoms with Crippen LogP contribution in [0.25, 0.3) is 10.9 Å². The largest absolute Gasteiger partial charge is 0.494 e. The molecule has 25 heavy (non-hydrogen) atoms. The number of methoxy groups -OCH3 is 1. The van der Waals surface area contributed by atoms with Crippen LogP contribution in [0.5, 0.6) is 5.75 Å². The Bertz CT molecular complexity index is 929. The molecule has 3 atom stereocenters. The number of aliphatic hydroxyl groups excluding tert-OH is 1. The highest BCUT2D eigenvalue weighted by atomic mass is 19.1. The van der Waals surface area contributed by atoms with Crippen LogP contribution in [0.2, 0.25) is 0 Å². The first kappa shape index (κ1) is 15.8. The summed E-state index contributed by atoms with van der Waals surface area (Å²) >= 11 is 0. The van der Waals surface area contributed by atoms with E-state index in [1.54, 1.807) is 23.0 Å². The summed E-state index contributed by atoms with van der Waals surface area (Å²) in [7, 11) is 1.41. The van der Waals surface area contributed by atoms with E-state index in [-0.39, 0.29) is 23.3 Å². The van der Waals surface area contributed by atoms with E-state index in [2.05, 4.69) is 20.4 Å². The number of benzene rings is 1. The summed E-state index contributed by atoms with van der Waals surface area (Å²) in [4.78, 5) is 8.27. The lowest BCUT2D eigenvalue weighted by atomic mass is 9.83. The molecule has 0 saturated heterocycles. The van der Waals surface area contributed by atoms with E-state index in [4.69, 9.17) is 4.74 Å². The summed E-state index contributed by atoms with van der Waals surface area (Å²) in [6.45, 7) is 1.95. The number of hydrogen-bond acceptors (Lipinski definition) is 6. The number of fused-ring (bicyclic) bond motifs is 1. The second-order valence-electron chi connectivity index (χ2n) is 6.24. The van der Waals surface area contributed by atoms with Gasteiger partial charge in [-0.1, -0.05) is 0 Å². The maximum absolute atomic E-state index is 14.4. The number of hydrogen-bond donors (Lipinski definition) is 2. The molecule has 2 heterocycles. The monoisotopic (exact) mass is 343 g/mol. The fourth-order valence-corrected chi connectivity index (χ4v) is 3.24. The van der Waals surface area contributed by atoms with E-state index < -0.39 is 11.9 Å². The van der Waals surface area contributed by atoms with Gasteiger partial charge in [-0.05, 0) is 31.0 Å². The number of aromatic nitrogens is 4. The molecule has 4 rings (SSSR count). The van der Waals surface area contributed by atoms with Gasteiger partial charge in [0, 0.05) is 11.6 Å². The Morgan fingerprint density at radius 2 is 2.20 bits per heavy atom. The number of anilines is 1. The third kappa shape index (κ3) is 2.58. The van der Waals surface area contributed by atoms with Gasteiger partial charge in [0.25, 0.3) is 0 Å². The summed E-state index contributed by atoms with van der Waals surface area (Å²) in [6, 6.07) is 3.03. The third-order valence-electron chi connectivity index (χ3n) is 4.59. The van der Waals surface area contributed by atoms with Gasteiger partial charge in [-0.25, -0.2) is 14.4 Å².